The normalized spacial score (nSPS) is 19.3. The number of aryl methyl sites for hydroxylation is 1. The Bertz CT molecular complexity index is 902. The first-order valence-electron chi connectivity index (χ1n) is 8.25. The van der Waals surface area contributed by atoms with Gasteiger partial charge in [0.2, 0.25) is 17.7 Å². The number of fused-ring (bicyclic) bond motifs is 1. The lowest BCUT2D eigenvalue weighted by molar-refractivity contribution is -0.144. The molecule has 0 saturated carbocycles. The van der Waals surface area contributed by atoms with Crippen LogP contribution in [0.25, 0.3) is 11.0 Å². The van der Waals surface area contributed by atoms with Crippen LogP contribution in [0.5, 0.6) is 0 Å². The predicted molar refractivity (Wildman–Crippen MR) is 88.8 cm³/mol. The highest BCUT2D eigenvalue weighted by Gasteiger charge is 2.35. The van der Waals surface area contributed by atoms with Crippen molar-refractivity contribution < 1.29 is 13.9 Å². The standard InChI is InChI=1S/C17H19N5O3/c1-11(22-10-18-13-5-3-4-6-14(13)22)17(23)21-7-8-24-9-15(21)16-20-19-12(2)25-16/h3-6,10-11,15H,7-9H2,1-2H3/t11-,15+/m1/s1. The minimum absolute atomic E-state index is 0.0210. The van der Waals surface area contributed by atoms with Crippen LogP contribution in [0.2, 0.25) is 0 Å². The number of amides is 1. The Balaban J connectivity index is 1.63. The number of carbonyl (C=O) groups is 1. The third-order valence-electron chi connectivity index (χ3n) is 4.49. The molecular formula is C17H19N5O3. The van der Waals surface area contributed by atoms with Gasteiger partial charge in [0.05, 0.1) is 30.6 Å². The quantitative estimate of drug-likeness (QED) is 0.723. The van der Waals surface area contributed by atoms with Crippen LogP contribution in [0.15, 0.2) is 35.0 Å². The van der Waals surface area contributed by atoms with Crippen molar-refractivity contribution in [2.75, 3.05) is 19.8 Å². The monoisotopic (exact) mass is 341 g/mol. The van der Waals surface area contributed by atoms with Crippen LogP contribution in [-0.2, 0) is 9.53 Å². The molecule has 0 N–H and O–H groups in total. The number of morpholine rings is 1. The summed E-state index contributed by atoms with van der Waals surface area (Å²) in [5.41, 5.74) is 1.80. The molecule has 0 unspecified atom stereocenters. The zero-order valence-electron chi connectivity index (χ0n) is 14.1. The number of imidazole rings is 1. The number of hydrogen-bond acceptors (Lipinski definition) is 6. The fourth-order valence-corrected chi connectivity index (χ4v) is 3.16. The highest BCUT2D eigenvalue weighted by molar-refractivity contribution is 5.84. The molecule has 25 heavy (non-hydrogen) atoms. The van der Waals surface area contributed by atoms with Gasteiger partial charge in [-0.15, -0.1) is 10.2 Å². The van der Waals surface area contributed by atoms with E-state index in [1.54, 1.807) is 18.2 Å². The van der Waals surface area contributed by atoms with Gasteiger partial charge < -0.3 is 18.6 Å². The molecule has 0 radical (unpaired) electrons. The number of benzene rings is 1. The zero-order valence-corrected chi connectivity index (χ0v) is 14.1. The van der Waals surface area contributed by atoms with Crippen molar-refractivity contribution in [3.05, 3.63) is 42.4 Å². The minimum atomic E-state index is -0.392. The van der Waals surface area contributed by atoms with Gasteiger partial charge in [-0.25, -0.2) is 4.98 Å². The van der Waals surface area contributed by atoms with E-state index in [2.05, 4.69) is 15.2 Å². The fourth-order valence-electron chi connectivity index (χ4n) is 3.16. The summed E-state index contributed by atoms with van der Waals surface area (Å²) in [6.45, 7) is 4.94. The van der Waals surface area contributed by atoms with Crippen molar-refractivity contribution >= 4 is 16.9 Å². The van der Waals surface area contributed by atoms with Crippen molar-refractivity contribution in [3.63, 3.8) is 0 Å². The van der Waals surface area contributed by atoms with Crippen molar-refractivity contribution in [3.8, 4) is 0 Å². The van der Waals surface area contributed by atoms with Crippen LogP contribution in [0, 0.1) is 6.92 Å². The van der Waals surface area contributed by atoms with E-state index in [1.807, 2.05) is 35.8 Å². The maximum atomic E-state index is 13.2. The highest BCUT2D eigenvalue weighted by atomic mass is 16.5. The molecule has 130 valence electrons. The van der Waals surface area contributed by atoms with Crippen LogP contribution in [0.3, 0.4) is 0 Å². The first-order valence-corrected chi connectivity index (χ1v) is 8.25. The van der Waals surface area contributed by atoms with Crippen molar-refractivity contribution in [1.29, 1.82) is 0 Å². The van der Waals surface area contributed by atoms with E-state index in [4.69, 9.17) is 9.15 Å². The molecule has 8 nitrogen and oxygen atoms in total. The van der Waals surface area contributed by atoms with E-state index in [0.717, 1.165) is 11.0 Å². The van der Waals surface area contributed by atoms with E-state index in [0.29, 0.717) is 31.5 Å². The molecule has 1 aromatic carbocycles. The van der Waals surface area contributed by atoms with Crippen LogP contribution in [0.4, 0.5) is 0 Å². The molecule has 8 heteroatoms. The van der Waals surface area contributed by atoms with Gasteiger partial charge >= 0.3 is 0 Å². The average Bonchev–Trinajstić information content (AvgIpc) is 3.27. The van der Waals surface area contributed by atoms with Gasteiger partial charge in [-0.1, -0.05) is 12.1 Å². The lowest BCUT2D eigenvalue weighted by Crippen LogP contribution is -2.46. The second-order valence-corrected chi connectivity index (χ2v) is 6.10. The van der Waals surface area contributed by atoms with Crippen LogP contribution in [-0.4, -0.2) is 50.3 Å². The molecule has 2 atom stereocenters. The van der Waals surface area contributed by atoms with Gasteiger partial charge in [-0.3, -0.25) is 4.79 Å². The molecule has 1 amide bonds. The Morgan fingerprint density at radius 1 is 1.32 bits per heavy atom. The van der Waals surface area contributed by atoms with E-state index in [1.165, 1.54) is 0 Å². The smallest absolute Gasteiger partial charge is 0.246 e. The van der Waals surface area contributed by atoms with Crippen LogP contribution < -0.4 is 0 Å². The summed E-state index contributed by atoms with van der Waals surface area (Å²) in [7, 11) is 0. The molecular weight excluding hydrogens is 322 g/mol. The first kappa shape index (κ1) is 15.8. The summed E-state index contributed by atoms with van der Waals surface area (Å²) in [5, 5.41) is 7.93. The summed E-state index contributed by atoms with van der Waals surface area (Å²) in [4.78, 5) is 19.3. The Hall–Kier alpha value is -2.74. The summed E-state index contributed by atoms with van der Waals surface area (Å²) in [6.07, 6.45) is 1.71. The molecule has 4 rings (SSSR count). The Labute approximate surface area is 144 Å². The molecule has 1 aliphatic rings. The summed E-state index contributed by atoms with van der Waals surface area (Å²) in [6, 6.07) is 7.02. The van der Waals surface area contributed by atoms with Gasteiger partial charge in [-0.05, 0) is 19.1 Å². The lowest BCUT2D eigenvalue weighted by Gasteiger charge is -2.35. The van der Waals surface area contributed by atoms with Gasteiger partial charge in [0, 0.05) is 13.5 Å². The van der Waals surface area contributed by atoms with Crippen molar-refractivity contribution in [1.82, 2.24) is 24.6 Å². The second kappa shape index (κ2) is 6.29. The molecule has 0 bridgehead atoms. The molecule has 1 aliphatic heterocycles. The number of aromatic nitrogens is 4. The van der Waals surface area contributed by atoms with E-state index in [9.17, 15) is 4.79 Å². The van der Waals surface area contributed by atoms with Crippen LogP contribution in [0.1, 0.15) is 30.8 Å². The highest BCUT2D eigenvalue weighted by Crippen LogP contribution is 2.27. The SMILES string of the molecule is Cc1nnc([C@@H]2COCCN2C(=O)[C@@H](C)n2cnc3ccccc32)o1. The number of rotatable bonds is 3. The maximum Gasteiger partial charge on any atom is 0.246 e. The van der Waals surface area contributed by atoms with E-state index in [-0.39, 0.29) is 11.9 Å². The molecule has 1 saturated heterocycles. The molecule has 0 spiro atoms. The summed E-state index contributed by atoms with van der Waals surface area (Å²) in [5.74, 6) is 0.863. The largest absolute Gasteiger partial charge is 0.423 e. The Morgan fingerprint density at radius 3 is 2.96 bits per heavy atom. The molecule has 0 aliphatic carbocycles. The predicted octanol–water partition coefficient (Wildman–Crippen LogP) is 1.89. The number of hydrogen-bond donors (Lipinski definition) is 0. The lowest BCUT2D eigenvalue weighted by atomic mass is 10.1. The first-order chi connectivity index (χ1) is 12.1. The molecule has 3 aromatic rings. The average molecular weight is 341 g/mol. The maximum absolute atomic E-state index is 13.2. The van der Waals surface area contributed by atoms with Gasteiger partial charge in [0.15, 0.2) is 0 Å². The Kier molecular flexibility index (Phi) is 3.96. The topological polar surface area (TPSA) is 86.3 Å². The van der Waals surface area contributed by atoms with Crippen molar-refractivity contribution in [2.45, 2.75) is 25.9 Å². The molecule has 3 heterocycles. The summed E-state index contributed by atoms with van der Waals surface area (Å²) >= 11 is 0. The number of nitrogens with zero attached hydrogens (tertiary/aromatic N) is 5. The number of carbonyl (C=O) groups excluding carboxylic acids is 1. The van der Waals surface area contributed by atoms with E-state index >= 15 is 0 Å². The second-order valence-electron chi connectivity index (χ2n) is 6.10. The van der Waals surface area contributed by atoms with E-state index < -0.39 is 6.04 Å². The van der Waals surface area contributed by atoms with Gasteiger partial charge in [-0.2, -0.15) is 0 Å². The molecule has 1 fully saturated rings. The third-order valence-corrected chi connectivity index (χ3v) is 4.49. The number of ether oxygens (including phenoxy) is 1. The van der Waals surface area contributed by atoms with Gasteiger partial charge in [0.25, 0.3) is 0 Å². The Morgan fingerprint density at radius 2 is 2.16 bits per heavy atom. The minimum Gasteiger partial charge on any atom is -0.423 e. The number of para-hydroxylation sites is 2. The fraction of sp³-hybridized carbons (Fsp3) is 0.412. The molecule has 2 aromatic heterocycles. The van der Waals surface area contributed by atoms with Crippen LogP contribution >= 0.6 is 0 Å². The van der Waals surface area contributed by atoms with Gasteiger partial charge in [0.1, 0.15) is 12.1 Å². The zero-order chi connectivity index (χ0) is 17.4. The summed E-state index contributed by atoms with van der Waals surface area (Å²) < 4.78 is 12.9. The van der Waals surface area contributed by atoms with Crippen molar-refractivity contribution in [2.24, 2.45) is 0 Å². The third kappa shape index (κ3) is 2.78.